The summed E-state index contributed by atoms with van der Waals surface area (Å²) in [6.45, 7) is 2.94. The fraction of sp³-hybridized carbons (Fsp3) is 0.476. The molecule has 3 atom stereocenters. The van der Waals surface area contributed by atoms with Crippen LogP contribution < -0.4 is 0 Å². The summed E-state index contributed by atoms with van der Waals surface area (Å²) in [4.78, 5) is 11.7. The van der Waals surface area contributed by atoms with Crippen molar-refractivity contribution >= 4 is 33.5 Å². The summed E-state index contributed by atoms with van der Waals surface area (Å²) in [6, 6.07) is 0. The Kier molecular flexibility index (Phi) is 4.57. The number of carbonyl (C=O) groups is 1. The molecule has 3 nitrogen and oxygen atoms in total. The molecule has 0 bridgehead atoms. The quantitative estimate of drug-likeness (QED) is 0.532. The first-order chi connectivity index (χ1) is 12.4. The van der Waals surface area contributed by atoms with Crippen LogP contribution in [0.25, 0.3) is 0 Å². The van der Waals surface area contributed by atoms with Gasteiger partial charge in [0, 0.05) is 34.8 Å². The van der Waals surface area contributed by atoms with Crippen molar-refractivity contribution in [1.82, 2.24) is 4.57 Å². The molecule has 0 aromatic carbocycles. The first-order valence-electron chi connectivity index (χ1n) is 9.03. The molecule has 0 spiro atoms. The van der Waals surface area contributed by atoms with Crippen molar-refractivity contribution in [3.8, 4) is 11.8 Å². The largest absolute Gasteiger partial charge is 0.481 e. The zero-order valence-electron chi connectivity index (χ0n) is 14.7. The Balaban J connectivity index is 1.81. The first kappa shape index (κ1) is 17.9. The Morgan fingerprint density at radius 1 is 1.54 bits per heavy atom. The first-order valence-corrected chi connectivity index (χ1v) is 10.3. The predicted molar refractivity (Wildman–Crippen MR) is 107 cm³/mol. The lowest BCUT2D eigenvalue weighted by atomic mass is 9.84. The van der Waals surface area contributed by atoms with Gasteiger partial charge >= 0.3 is 5.97 Å². The smallest absolute Gasteiger partial charge is 0.304 e. The Bertz CT molecular complexity index is 901. The van der Waals surface area contributed by atoms with Crippen molar-refractivity contribution in [3.05, 3.63) is 45.8 Å². The van der Waals surface area contributed by atoms with Crippen LogP contribution in [0.15, 0.2) is 23.3 Å². The number of alkyl halides is 1. The molecular weight excluding hydrogens is 414 g/mol. The van der Waals surface area contributed by atoms with Crippen molar-refractivity contribution in [2.24, 2.45) is 5.92 Å². The molecule has 1 aromatic heterocycles. The van der Waals surface area contributed by atoms with E-state index in [9.17, 15) is 9.90 Å². The minimum absolute atomic E-state index is 0.162. The number of aliphatic carboxylic acids is 1. The van der Waals surface area contributed by atoms with Crippen LogP contribution in [0.3, 0.4) is 0 Å². The van der Waals surface area contributed by atoms with E-state index < -0.39 is 5.97 Å². The van der Waals surface area contributed by atoms with Crippen LogP contribution in [-0.4, -0.2) is 15.6 Å². The van der Waals surface area contributed by atoms with Gasteiger partial charge in [-0.15, -0.1) is 0 Å². The Labute approximate surface area is 167 Å². The summed E-state index contributed by atoms with van der Waals surface area (Å²) < 4.78 is 2.38. The van der Waals surface area contributed by atoms with E-state index in [1.165, 1.54) is 17.0 Å². The summed E-state index contributed by atoms with van der Waals surface area (Å²) in [5.41, 5.74) is 4.50. The van der Waals surface area contributed by atoms with E-state index in [2.05, 4.69) is 51.4 Å². The van der Waals surface area contributed by atoms with E-state index in [1.807, 2.05) is 6.08 Å². The standard InChI is InChI=1S/C21H21BrClNO2/c1-21(11-18(25)26)10-9-16-15-3-2-4-17(22)19(15)24(20(16)21)12-13-5-7-14(23)8-6-13/h5,7-8,13,17H,4,6,9-12H2,1H3,(H,25,26). The molecular formula is C21H21BrClNO2. The Hall–Kier alpha value is -1.44. The minimum Gasteiger partial charge on any atom is -0.481 e. The van der Waals surface area contributed by atoms with Crippen molar-refractivity contribution < 1.29 is 9.90 Å². The van der Waals surface area contributed by atoms with Crippen LogP contribution >= 0.6 is 27.5 Å². The molecule has 0 saturated heterocycles. The number of halogens is 2. The highest BCUT2D eigenvalue weighted by molar-refractivity contribution is 9.09. The van der Waals surface area contributed by atoms with Crippen molar-refractivity contribution in [3.63, 3.8) is 0 Å². The zero-order chi connectivity index (χ0) is 18.5. The van der Waals surface area contributed by atoms with Crippen molar-refractivity contribution in [2.45, 2.75) is 55.8 Å². The lowest BCUT2D eigenvalue weighted by Gasteiger charge is -2.29. The van der Waals surface area contributed by atoms with Crippen LogP contribution in [0.1, 0.15) is 59.9 Å². The van der Waals surface area contributed by atoms with Crippen molar-refractivity contribution in [2.75, 3.05) is 0 Å². The minimum atomic E-state index is -0.736. The van der Waals surface area contributed by atoms with Gasteiger partial charge in [0.25, 0.3) is 0 Å². The molecule has 0 radical (unpaired) electrons. The second-order valence-corrected chi connectivity index (χ2v) is 9.29. The monoisotopic (exact) mass is 433 g/mol. The van der Waals surface area contributed by atoms with Gasteiger partial charge in [0.05, 0.1) is 16.8 Å². The van der Waals surface area contributed by atoms with Gasteiger partial charge in [-0.05, 0) is 36.8 Å². The van der Waals surface area contributed by atoms with Gasteiger partial charge in [-0.3, -0.25) is 4.79 Å². The maximum Gasteiger partial charge on any atom is 0.304 e. The van der Waals surface area contributed by atoms with Gasteiger partial charge in [0.2, 0.25) is 0 Å². The van der Waals surface area contributed by atoms with E-state index in [0.29, 0.717) is 5.92 Å². The zero-order valence-corrected chi connectivity index (χ0v) is 17.0. The third-order valence-electron chi connectivity index (χ3n) is 5.80. The molecule has 1 aromatic rings. The SMILES string of the molecule is CC1(CC(=O)O)CCc2c3c(n(CC4C=CC(Cl)=CC4)c21)C(Br)CC#C3. The summed E-state index contributed by atoms with van der Waals surface area (Å²) in [7, 11) is 0. The van der Waals surface area contributed by atoms with E-state index in [0.717, 1.165) is 42.8 Å². The molecule has 3 unspecified atom stereocenters. The molecule has 3 aliphatic rings. The van der Waals surface area contributed by atoms with Gasteiger partial charge in [0.15, 0.2) is 0 Å². The van der Waals surface area contributed by atoms with Gasteiger partial charge in [-0.2, -0.15) is 0 Å². The van der Waals surface area contributed by atoms with Crippen molar-refractivity contribution in [1.29, 1.82) is 0 Å². The average Bonchev–Trinajstić information content (AvgIpc) is 3.07. The van der Waals surface area contributed by atoms with Crippen LogP contribution in [0.5, 0.6) is 0 Å². The highest BCUT2D eigenvalue weighted by Crippen LogP contribution is 2.48. The molecule has 5 heteroatoms. The number of rotatable bonds is 4. The molecule has 0 saturated carbocycles. The lowest BCUT2D eigenvalue weighted by Crippen LogP contribution is -2.28. The van der Waals surface area contributed by atoms with Crippen LogP contribution in [0.2, 0.25) is 0 Å². The molecule has 3 aliphatic carbocycles. The van der Waals surface area contributed by atoms with Crippen LogP contribution in [0, 0.1) is 17.8 Å². The number of allylic oxidation sites excluding steroid dienone is 4. The molecule has 1 N–H and O–H groups in total. The molecule has 0 aliphatic heterocycles. The van der Waals surface area contributed by atoms with E-state index >= 15 is 0 Å². The third-order valence-corrected chi connectivity index (χ3v) is 6.83. The topological polar surface area (TPSA) is 42.2 Å². The van der Waals surface area contributed by atoms with Gasteiger partial charge < -0.3 is 9.67 Å². The molecule has 136 valence electrons. The van der Waals surface area contributed by atoms with Gasteiger partial charge in [-0.1, -0.05) is 58.4 Å². The number of hydrogen-bond donors (Lipinski definition) is 1. The second-order valence-electron chi connectivity index (χ2n) is 7.75. The van der Waals surface area contributed by atoms with E-state index in [4.69, 9.17) is 11.6 Å². The highest BCUT2D eigenvalue weighted by atomic mass is 79.9. The average molecular weight is 435 g/mol. The normalized spacial score (nSPS) is 28.8. The maximum absolute atomic E-state index is 11.5. The van der Waals surface area contributed by atoms with Crippen LogP contribution in [0.4, 0.5) is 0 Å². The highest BCUT2D eigenvalue weighted by Gasteiger charge is 2.43. The third kappa shape index (κ3) is 2.96. The second kappa shape index (κ2) is 6.62. The fourth-order valence-corrected chi connectivity index (χ4v) is 5.44. The number of fused-ring (bicyclic) bond motifs is 3. The molecule has 4 rings (SSSR count). The number of carboxylic acid groups (broad SMARTS) is 1. The number of hydrogen-bond acceptors (Lipinski definition) is 1. The number of nitrogens with zero attached hydrogens (tertiary/aromatic N) is 1. The van der Waals surface area contributed by atoms with Gasteiger partial charge in [-0.25, -0.2) is 0 Å². The van der Waals surface area contributed by atoms with E-state index in [1.54, 1.807) is 0 Å². The molecule has 1 heterocycles. The van der Waals surface area contributed by atoms with Gasteiger partial charge in [0.1, 0.15) is 0 Å². The van der Waals surface area contributed by atoms with Crippen LogP contribution in [-0.2, 0) is 23.2 Å². The Morgan fingerprint density at radius 2 is 2.35 bits per heavy atom. The molecule has 0 amide bonds. The summed E-state index contributed by atoms with van der Waals surface area (Å²) in [5.74, 6) is 6.22. The number of carboxylic acids is 1. The fourth-order valence-electron chi connectivity index (χ4n) is 4.64. The summed E-state index contributed by atoms with van der Waals surface area (Å²) in [6.07, 6.45) is 9.84. The lowest BCUT2D eigenvalue weighted by molar-refractivity contribution is -0.138. The molecule has 0 fully saturated rings. The predicted octanol–water partition coefficient (Wildman–Crippen LogP) is 5.06. The summed E-state index contributed by atoms with van der Waals surface area (Å²) in [5, 5.41) is 10.3. The molecule has 26 heavy (non-hydrogen) atoms. The Morgan fingerprint density at radius 3 is 3.04 bits per heavy atom. The van der Waals surface area contributed by atoms with E-state index in [-0.39, 0.29) is 16.7 Å². The summed E-state index contributed by atoms with van der Waals surface area (Å²) >= 11 is 9.89. The maximum atomic E-state index is 11.5. The number of aromatic nitrogens is 1.